The average Bonchev–Trinajstić information content (AvgIpc) is 2.59. The van der Waals surface area contributed by atoms with Crippen LogP contribution in [0.25, 0.3) is 6.08 Å². The molecule has 0 atom stereocenters. The molecule has 1 aromatic rings. The molecule has 0 bridgehead atoms. The van der Waals surface area contributed by atoms with Crippen molar-refractivity contribution < 1.29 is 9.53 Å². The first-order chi connectivity index (χ1) is 8.99. The zero-order valence-corrected chi connectivity index (χ0v) is 12.7. The highest BCUT2D eigenvalue weighted by Gasteiger charge is 2.28. The van der Waals surface area contributed by atoms with E-state index in [1.807, 2.05) is 44.2 Å². The Hall–Kier alpha value is -1.33. The van der Waals surface area contributed by atoms with E-state index in [0.29, 0.717) is 9.23 Å². The summed E-state index contributed by atoms with van der Waals surface area (Å²) in [5.41, 5.74) is 0.894. The number of likely N-dealkylation sites (N-methyl/N-ethyl adjacent to an activating group) is 1. The highest BCUT2D eigenvalue weighted by molar-refractivity contribution is 8.26. The molecule has 0 spiro atoms. The number of amides is 1. The maximum absolute atomic E-state index is 12.0. The Labute approximate surface area is 122 Å². The molecule has 0 N–H and O–H groups in total. The smallest absolute Gasteiger partial charge is 0.265 e. The van der Waals surface area contributed by atoms with Crippen LogP contribution in [0.4, 0.5) is 0 Å². The van der Waals surface area contributed by atoms with E-state index >= 15 is 0 Å². The molecule has 19 heavy (non-hydrogen) atoms. The molecule has 2 rings (SSSR count). The third kappa shape index (κ3) is 3.16. The van der Waals surface area contributed by atoms with Crippen LogP contribution in [0, 0.1) is 0 Å². The number of para-hydroxylation sites is 1. The second-order valence-electron chi connectivity index (χ2n) is 4.45. The molecule has 100 valence electrons. The molecule has 1 heterocycles. The number of hydrogen-bond acceptors (Lipinski definition) is 4. The number of carbonyl (C=O) groups is 1. The first-order valence-corrected chi connectivity index (χ1v) is 7.18. The summed E-state index contributed by atoms with van der Waals surface area (Å²) < 4.78 is 6.31. The van der Waals surface area contributed by atoms with Crippen LogP contribution >= 0.6 is 24.0 Å². The SMILES string of the molecule is CC(C)Oc1ccccc1/C=C1/SC(=S)N(C)C1=O. The fourth-order valence-corrected chi connectivity index (χ4v) is 2.82. The number of benzene rings is 1. The molecule has 5 heteroatoms. The first kappa shape index (κ1) is 14.1. The van der Waals surface area contributed by atoms with Gasteiger partial charge in [-0.1, -0.05) is 42.2 Å². The molecule has 0 radical (unpaired) electrons. The molecular weight excluding hydrogens is 278 g/mol. The fourth-order valence-electron chi connectivity index (χ4n) is 1.65. The van der Waals surface area contributed by atoms with Crippen LogP contribution in [0.3, 0.4) is 0 Å². The summed E-state index contributed by atoms with van der Waals surface area (Å²) in [7, 11) is 1.69. The van der Waals surface area contributed by atoms with Crippen LogP contribution < -0.4 is 4.74 Å². The number of ether oxygens (including phenoxy) is 1. The van der Waals surface area contributed by atoms with Gasteiger partial charge in [-0.2, -0.15) is 0 Å². The van der Waals surface area contributed by atoms with Crippen molar-refractivity contribution in [2.45, 2.75) is 20.0 Å². The number of rotatable bonds is 3. The van der Waals surface area contributed by atoms with Gasteiger partial charge < -0.3 is 4.74 Å². The van der Waals surface area contributed by atoms with Crippen LogP contribution in [0.2, 0.25) is 0 Å². The second kappa shape index (κ2) is 5.75. The summed E-state index contributed by atoms with van der Waals surface area (Å²) in [6, 6.07) is 7.67. The molecule has 1 saturated heterocycles. The van der Waals surface area contributed by atoms with Crippen LogP contribution in [-0.2, 0) is 4.79 Å². The summed E-state index contributed by atoms with van der Waals surface area (Å²) in [4.78, 5) is 14.1. The average molecular weight is 293 g/mol. The number of thioether (sulfide) groups is 1. The Balaban J connectivity index is 2.33. The minimum absolute atomic E-state index is 0.0608. The van der Waals surface area contributed by atoms with Crippen molar-refractivity contribution >= 4 is 40.3 Å². The van der Waals surface area contributed by atoms with Gasteiger partial charge in [-0.15, -0.1) is 0 Å². The van der Waals surface area contributed by atoms with Gasteiger partial charge in [0.05, 0.1) is 11.0 Å². The molecule has 1 aromatic carbocycles. The molecule has 1 aliphatic heterocycles. The minimum atomic E-state index is -0.0608. The predicted octanol–water partition coefficient (Wildman–Crippen LogP) is 3.30. The lowest BCUT2D eigenvalue weighted by Crippen LogP contribution is -2.22. The Morgan fingerprint density at radius 1 is 1.37 bits per heavy atom. The van der Waals surface area contributed by atoms with E-state index in [1.54, 1.807) is 7.05 Å². The summed E-state index contributed by atoms with van der Waals surface area (Å²) in [6.07, 6.45) is 1.93. The molecule has 0 aromatic heterocycles. The van der Waals surface area contributed by atoms with Crippen LogP contribution in [-0.4, -0.2) is 28.3 Å². The third-order valence-corrected chi connectivity index (χ3v) is 4.04. The Morgan fingerprint density at radius 3 is 2.63 bits per heavy atom. The molecule has 3 nitrogen and oxygen atoms in total. The van der Waals surface area contributed by atoms with E-state index < -0.39 is 0 Å². The van der Waals surface area contributed by atoms with Crippen molar-refractivity contribution in [2.24, 2.45) is 0 Å². The highest BCUT2D eigenvalue weighted by Crippen LogP contribution is 2.33. The van der Waals surface area contributed by atoms with Gasteiger partial charge in [-0.3, -0.25) is 9.69 Å². The maximum atomic E-state index is 12.0. The van der Waals surface area contributed by atoms with Gasteiger partial charge in [-0.05, 0) is 26.0 Å². The lowest BCUT2D eigenvalue weighted by Gasteiger charge is -2.12. The maximum Gasteiger partial charge on any atom is 0.265 e. The summed E-state index contributed by atoms with van der Waals surface area (Å²) in [5.74, 6) is 0.716. The van der Waals surface area contributed by atoms with Gasteiger partial charge in [0.1, 0.15) is 10.1 Å². The van der Waals surface area contributed by atoms with E-state index in [-0.39, 0.29) is 12.0 Å². The Bertz CT molecular complexity index is 552. The van der Waals surface area contributed by atoms with E-state index in [0.717, 1.165) is 11.3 Å². The van der Waals surface area contributed by atoms with Crippen molar-refractivity contribution in [1.82, 2.24) is 4.90 Å². The van der Waals surface area contributed by atoms with Gasteiger partial charge in [0.15, 0.2) is 0 Å². The number of carbonyl (C=O) groups excluding carboxylic acids is 1. The normalized spacial score (nSPS) is 17.7. The lowest BCUT2D eigenvalue weighted by molar-refractivity contribution is -0.121. The van der Waals surface area contributed by atoms with Crippen molar-refractivity contribution in [3.05, 3.63) is 34.7 Å². The monoisotopic (exact) mass is 293 g/mol. The standard InChI is InChI=1S/C14H15NO2S2/c1-9(2)17-11-7-5-4-6-10(11)8-12-13(16)15(3)14(18)19-12/h4-9H,1-3H3/b12-8+. The molecule has 1 aliphatic rings. The van der Waals surface area contributed by atoms with Gasteiger partial charge in [0.2, 0.25) is 0 Å². The number of nitrogens with zero attached hydrogens (tertiary/aromatic N) is 1. The largest absolute Gasteiger partial charge is 0.490 e. The van der Waals surface area contributed by atoms with E-state index in [1.165, 1.54) is 16.7 Å². The molecule has 0 aliphatic carbocycles. The van der Waals surface area contributed by atoms with E-state index in [2.05, 4.69) is 0 Å². The predicted molar refractivity (Wildman–Crippen MR) is 83.1 cm³/mol. The van der Waals surface area contributed by atoms with Gasteiger partial charge in [-0.25, -0.2) is 0 Å². The van der Waals surface area contributed by atoms with Crippen LogP contribution in [0.1, 0.15) is 19.4 Å². The highest BCUT2D eigenvalue weighted by atomic mass is 32.2. The number of hydrogen-bond donors (Lipinski definition) is 0. The molecule has 1 fully saturated rings. The topological polar surface area (TPSA) is 29.5 Å². The van der Waals surface area contributed by atoms with Crippen molar-refractivity contribution in [1.29, 1.82) is 0 Å². The first-order valence-electron chi connectivity index (χ1n) is 5.96. The zero-order valence-electron chi connectivity index (χ0n) is 11.0. The summed E-state index contributed by atoms with van der Waals surface area (Å²) in [6.45, 7) is 3.95. The van der Waals surface area contributed by atoms with E-state index in [4.69, 9.17) is 17.0 Å². The Morgan fingerprint density at radius 2 is 2.05 bits per heavy atom. The molecular formula is C14H15NO2S2. The quantitative estimate of drug-likeness (QED) is 0.632. The summed E-state index contributed by atoms with van der Waals surface area (Å²) >= 11 is 6.43. The third-order valence-electron chi connectivity index (χ3n) is 2.55. The fraction of sp³-hybridized carbons (Fsp3) is 0.286. The summed E-state index contributed by atoms with van der Waals surface area (Å²) in [5, 5.41) is 0. The van der Waals surface area contributed by atoms with Gasteiger partial charge in [0.25, 0.3) is 5.91 Å². The molecule has 0 unspecified atom stereocenters. The molecule has 0 saturated carbocycles. The number of thiocarbonyl (C=S) groups is 1. The zero-order chi connectivity index (χ0) is 14.0. The van der Waals surface area contributed by atoms with E-state index in [9.17, 15) is 4.79 Å². The lowest BCUT2D eigenvalue weighted by atomic mass is 10.2. The van der Waals surface area contributed by atoms with Crippen LogP contribution in [0.15, 0.2) is 29.2 Å². The van der Waals surface area contributed by atoms with Crippen LogP contribution in [0.5, 0.6) is 5.75 Å². The Kier molecular flexibility index (Phi) is 4.27. The van der Waals surface area contributed by atoms with Crippen molar-refractivity contribution in [2.75, 3.05) is 7.05 Å². The van der Waals surface area contributed by atoms with Crippen molar-refractivity contribution in [3.63, 3.8) is 0 Å². The second-order valence-corrected chi connectivity index (χ2v) is 6.12. The van der Waals surface area contributed by atoms with Gasteiger partial charge >= 0.3 is 0 Å². The van der Waals surface area contributed by atoms with Gasteiger partial charge in [0, 0.05) is 12.6 Å². The molecule has 1 amide bonds. The minimum Gasteiger partial charge on any atom is -0.490 e. The van der Waals surface area contributed by atoms with Crippen molar-refractivity contribution in [3.8, 4) is 5.75 Å².